The van der Waals surface area contributed by atoms with E-state index in [1.807, 2.05) is 37.2 Å². The van der Waals surface area contributed by atoms with Crippen LogP contribution in [-0.4, -0.2) is 54.6 Å². The van der Waals surface area contributed by atoms with Gasteiger partial charge in [0.1, 0.15) is 18.0 Å². The highest BCUT2D eigenvalue weighted by molar-refractivity contribution is 6.31. The van der Waals surface area contributed by atoms with Gasteiger partial charge in [-0.05, 0) is 62.3 Å². The van der Waals surface area contributed by atoms with Gasteiger partial charge in [0.05, 0.1) is 23.8 Å². The van der Waals surface area contributed by atoms with Crippen molar-refractivity contribution in [2.45, 2.75) is 11.8 Å². The van der Waals surface area contributed by atoms with Crippen LogP contribution in [0.15, 0.2) is 48.8 Å². The van der Waals surface area contributed by atoms with Gasteiger partial charge in [-0.25, -0.2) is 14.4 Å². The molecular weight excluding hydrogens is 457 g/mol. The Morgan fingerprint density at radius 2 is 2.18 bits per heavy atom. The zero-order valence-electron chi connectivity index (χ0n) is 18.9. The highest BCUT2D eigenvalue weighted by Crippen LogP contribution is 2.60. The van der Waals surface area contributed by atoms with Gasteiger partial charge >= 0.3 is 0 Å². The van der Waals surface area contributed by atoms with Gasteiger partial charge in [-0.1, -0.05) is 17.7 Å². The number of nitrogens with one attached hydrogen (secondary N) is 2. The molecule has 2 unspecified atom stereocenters. The van der Waals surface area contributed by atoms with Crippen LogP contribution in [0.1, 0.15) is 12.0 Å². The van der Waals surface area contributed by atoms with Crippen LogP contribution in [0.25, 0.3) is 10.9 Å². The first-order valence-electron chi connectivity index (χ1n) is 11.1. The quantitative estimate of drug-likeness (QED) is 0.483. The van der Waals surface area contributed by atoms with Crippen molar-refractivity contribution in [3.8, 4) is 0 Å². The fraction of sp³-hybridized carbons (Fsp3) is 0.320. The first-order chi connectivity index (χ1) is 16.4. The molecule has 2 atom stereocenters. The maximum Gasteiger partial charge on any atom is 0.248 e. The molecule has 2 heterocycles. The van der Waals surface area contributed by atoms with Crippen LogP contribution in [-0.2, 0) is 14.9 Å². The summed E-state index contributed by atoms with van der Waals surface area (Å²) in [7, 11) is 3.89. The minimum absolute atomic E-state index is 0.0169. The van der Waals surface area contributed by atoms with E-state index in [1.54, 1.807) is 12.1 Å². The van der Waals surface area contributed by atoms with E-state index < -0.39 is 5.82 Å². The molecular formula is C25H25ClFN5O2. The number of amides is 1. The number of hydrogen-bond acceptors (Lipinski definition) is 6. The van der Waals surface area contributed by atoms with Crippen molar-refractivity contribution in [3.05, 3.63) is 65.2 Å². The fourth-order valence-electron chi connectivity index (χ4n) is 4.54. The van der Waals surface area contributed by atoms with Crippen molar-refractivity contribution < 1.29 is 13.9 Å². The maximum absolute atomic E-state index is 13.6. The fourth-order valence-corrected chi connectivity index (χ4v) is 4.72. The third-order valence-corrected chi connectivity index (χ3v) is 6.69. The molecule has 1 aliphatic carbocycles. The van der Waals surface area contributed by atoms with Crippen molar-refractivity contribution in [1.29, 1.82) is 0 Å². The molecule has 2 fully saturated rings. The van der Waals surface area contributed by atoms with E-state index in [9.17, 15) is 9.18 Å². The van der Waals surface area contributed by atoms with Crippen LogP contribution in [0.2, 0.25) is 5.02 Å². The van der Waals surface area contributed by atoms with E-state index in [0.29, 0.717) is 30.6 Å². The molecule has 34 heavy (non-hydrogen) atoms. The summed E-state index contributed by atoms with van der Waals surface area (Å²) in [5, 5.41) is 7.00. The van der Waals surface area contributed by atoms with Gasteiger partial charge in [0.25, 0.3) is 0 Å². The Bertz CT molecular complexity index is 1300. The Hall–Kier alpha value is -3.07. The first kappa shape index (κ1) is 22.7. The summed E-state index contributed by atoms with van der Waals surface area (Å²) in [5.74, 6) is 0.288. The van der Waals surface area contributed by atoms with Gasteiger partial charge in [0, 0.05) is 34.8 Å². The third kappa shape index (κ3) is 4.36. The van der Waals surface area contributed by atoms with Crippen LogP contribution in [0.3, 0.4) is 0 Å². The molecule has 0 spiro atoms. The van der Waals surface area contributed by atoms with Gasteiger partial charge in [-0.2, -0.15) is 0 Å². The van der Waals surface area contributed by atoms with E-state index in [4.69, 9.17) is 16.3 Å². The lowest BCUT2D eigenvalue weighted by molar-refractivity contribution is -0.111. The standard InChI is InChI=1S/C25H25ClFN5O2/c1-32(2)7-3-4-23(33)31-22-9-17-21(10-18(22)25-11-15(25)12-34-13-25)28-14-29-24(17)30-16-5-6-20(27)19(26)8-16/h3-6,8-10,14-15H,7,11-13H2,1-2H3,(H,31,33)(H,28,29,30)/b4-3+. The third-order valence-electron chi connectivity index (χ3n) is 6.40. The molecule has 1 aromatic heterocycles. The second kappa shape index (κ2) is 8.94. The molecule has 5 rings (SSSR count). The van der Waals surface area contributed by atoms with E-state index in [0.717, 1.165) is 35.2 Å². The van der Waals surface area contributed by atoms with Crippen molar-refractivity contribution in [2.24, 2.45) is 5.92 Å². The molecule has 2 aromatic carbocycles. The predicted octanol–water partition coefficient (Wildman–Crippen LogP) is 4.51. The minimum Gasteiger partial charge on any atom is -0.380 e. The Balaban J connectivity index is 1.53. The summed E-state index contributed by atoms with van der Waals surface area (Å²) >= 11 is 5.94. The largest absolute Gasteiger partial charge is 0.380 e. The smallest absolute Gasteiger partial charge is 0.248 e. The van der Waals surface area contributed by atoms with E-state index in [1.165, 1.54) is 18.5 Å². The lowest BCUT2D eigenvalue weighted by Gasteiger charge is -2.19. The number of halogens is 2. The van der Waals surface area contributed by atoms with E-state index in [-0.39, 0.29) is 16.3 Å². The monoisotopic (exact) mass is 481 g/mol. The van der Waals surface area contributed by atoms with Crippen LogP contribution in [0, 0.1) is 11.7 Å². The number of ether oxygens (including phenoxy) is 1. The number of nitrogens with zero attached hydrogens (tertiary/aromatic N) is 3. The Kier molecular flexibility index (Phi) is 5.97. The lowest BCUT2D eigenvalue weighted by Crippen LogP contribution is -2.18. The van der Waals surface area contributed by atoms with Crippen LogP contribution in [0.4, 0.5) is 21.6 Å². The Morgan fingerprint density at radius 1 is 1.32 bits per heavy atom. The molecule has 1 aliphatic heterocycles. The molecule has 0 radical (unpaired) electrons. The number of fused-ring (bicyclic) bond motifs is 2. The van der Waals surface area contributed by atoms with E-state index >= 15 is 0 Å². The van der Waals surface area contributed by atoms with Crippen molar-refractivity contribution in [1.82, 2.24) is 14.9 Å². The van der Waals surface area contributed by atoms with Crippen LogP contribution >= 0.6 is 11.6 Å². The SMILES string of the molecule is CN(C)C/C=C/C(=O)Nc1cc2c(Nc3ccc(F)c(Cl)c3)ncnc2cc1C12COCC1C2. The molecule has 2 aliphatic rings. The molecule has 9 heteroatoms. The molecule has 1 saturated heterocycles. The highest BCUT2D eigenvalue weighted by Gasteiger charge is 2.60. The van der Waals surface area contributed by atoms with Gasteiger partial charge < -0.3 is 20.3 Å². The summed E-state index contributed by atoms with van der Waals surface area (Å²) < 4.78 is 19.3. The highest BCUT2D eigenvalue weighted by atomic mass is 35.5. The van der Waals surface area contributed by atoms with Gasteiger partial charge in [-0.3, -0.25) is 4.79 Å². The van der Waals surface area contributed by atoms with Crippen LogP contribution in [0.5, 0.6) is 0 Å². The minimum atomic E-state index is -0.492. The number of likely N-dealkylation sites (N-methyl/N-ethyl adjacent to an activating group) is 1. The number of benzene rings is 2. The number of carbonyl (C=O) groups is 1. The van der Waals surface area contributed by atoms with Gasteiger partial charge in [-0.15, -0.1) is 0 Å². The topological polar surface area (TPSA) is 79.4 Å². The average Bonchev–Trinajstić information content (AvgIpc) is 3.35. The molecule has 0 bridgehead atoms. The molecule has 7 nitrogen and oxygen atoms in total. The molecule has 176 valence electrons. The zero-order valence-corrected chi connectivity index (χ0v) is 19.7. The maximum atomic E-state index is 13.6. The first-order valence-corrected chi connectivity index (χ1v) is 11.4. The summed E-state index contributed by atoms with van der Waals surface area (Å²) in [5.41, 5.74) is 3.00. The second-order valence-corrected chi connectivity index (χ2v) is 9.52. The second-order valence-electron chi connectivity index (χ2n) is 9.12. The average molecular weight is 482 g/mol. The summed E-state index contributed by atoms with van der Waals surface area (Å²) in [4.78, 5) is 23.6. The number of rotatable bonds is 7. The molecule has 1 amide bonds. The molecule has 2 N–H and O–H groups in total. The van der Waals surface area contributed by atoms with Gasteiger partial charge in [0.2, 0.25) is 5.91 Å². The number of anilines is 3. The Morgan fingerprint density at radius 3 is 2.88 bits per heavy atom. The summed E-state index contributed by atoms with van der Waals surface area (Å²) in [6.07, 6.45) is 5.88. The number of aromatic nitrogens is 2. The van der Waals surface area contributed by atoms with Crippen molar-refractivity contribution in [2.75, 3.05) is 44.5 Å². The lowest BCUT2D eigenvalue weighted by atomic mass is 9.92. The van der Waals surface area contributed by atoms with E-state index in [2.05, 4.69) is 20.6 Å². The summed E-state index contributed by atoms with van der Waals surface area (Å²) in [6.45, 7) is 2.03. The summed E-state index contributed by atoms with van der Waals surface area (Å²) in [6, 6.07) is 8.31. The molecule has 3 aromatic rings. The van der Waals surface area contributed by atoms with Crippen molar-refractivity contribution in [3.63, 3.8) is 0 Å². The Labute approximate surface area is 202 Å². The van der Waals surface area contributed by atoms with Crippen LogP contribution < -0.4 is 10.6 Å². The number of carbonyl (C=O) groups excluding carboxylic acids is 1. The zero-order chi connectivity index (χ0) is 23.9. The molecule has 1 saturated carbocycles. The van der Waals surface area contributed by atoms with Crippen molar-refractivity contribution >= 4 is 45.6 Å². The normalized spacial score (nSPS) is 21.3. The van der Waals surface area contributed by atoms with Gasteiger partial charge in [0.15, 0.2) is 0 Å². The predicted molar refractivity (Wildman–Crippen MR) is 131 cm³/mol. The number of hydrogen-bond donors (Lipinski definition) is 2.